The average Bonchev–Trinajstić information content (AvgIpc) is 3.48. The van der Waals surface area contributed by atoms with Crippen molar-refractivity contribution in [3.63, 3.8) is 0 Å². The molecule has 3 aliphatic heterocycles. The van der Waals surface area contributed by atoms with Gasteiger partial charge in [0.15, 0.2) is 0 Å². The highest BCUT2D eigenvalue weighted by molar-refractivity contribution is 5.98. The SMILES string of the molecule is C=CCCOC(=O)[C@H]1[C@H]2C(=O)N([C@@H](CO)CC(C)C)C(C(=O)N(CC=C)CCCC)C23CC[C@]1(CC)O3. The molecule has 1 spiro atoms. The van der Waals surface area contributed by atoms with Crippen LogP contribution >= 0.6 is 0 Å². The van der Waals surface area contributed by atoms with Gasteiger partial charge in [0.05, 0.1) is 30.8 Å². The van der Waals surface area contributed by atoms with Crippen LogP contribution in [0.2, 0.25) is 0 Å². The van der Waals surface area contributed by atoms with Gasteiger partial charge in [0.25, 0.3) is 0 Å². The third-order valence-electron chi connectivity index (χ3n) is 8.46. The van der Waals surface area contributed by atoms with Gasteiger partial charge in [-0.15, -0.1) is 13.2 Å². The molecule has 2 bridgehead atoms. The topological polar surface area (TPSA) is 96.4 Å². The van der Waals surface area contributed by atoms with Crippen molar-refractivity contribution in [2.45, 2.75) is 95.9 Å². The fourth-order valence-electron chi connectivity index (χ4n) is 6.81. The molecule has 0 radical (unpaired) electrons. The van der Waals surface area contributed by atoms with Crippen LogP contribution in [-0.2, 0) is 23.9 Å². The highest BCUT2D eigenvalue weighted by atomic mass is 16.6. The van der Waals surface area contributed by atoms with Crippen LogP contribution in [0.4, 0.5) is 0 Å². The molecule has 1 N–H and O–H groups in total. The van der Waals surface area contributed by atoms with Crippen LogP contribution in [0.5, 0.6) is 0 Å². The second-order valence-corrected chi connectivity index (χ2v) is 11.2. The zero-order valence-corrected chi connectivity index (χ0v) is 23.1. The number of unbranched alkanes of at least 4 members (excludes halogenated alkanes) is 1. The van der Waals surface area contributed by atoms with Gasteiger partial charge >= 0.3 is 5.97 Å². The molecule has 3 fully saturated rings. The molecule has 6 atom stereocenters. The fraction of sp³-hybridized carbons (Fsp3) is 0.759. The van der Waals surface area contributed by atoms with Crippen molar-refractivity contribution < 1.29 is 29.0 Å². The number of aliphatic hydroxyl groups is 1. The molecule has 8 heteroatoms. The molecular formula is C29H46N2O6. The molecule has 0 aliphatic carbocycles. The van der Waals surface area contributed by atoms with E-state index in [4.69, 9.17) is 9.47 Å². The van der Waals surface area contributed by atoms with E-state index in [0.29, 0.717) is 45.2 Å². The van der Waals surface area contributed by atoms with Crippen molar-refractivity contribution >= 4 is 17.8 Å². The Kier molecular flexibility index (Phi) is 9.62. The molecular weight excluding hydrogens is 472 g/mol. The van der Waals surface area contributed by atoms with Crippen LogP contribution in [0, 0.1) is 17.8 Å². The van der Waals surface area contributed by atoms with E-state index in [1.54, 1.807) is 22.0 Å². The van der Waals surface area contributed by atoms with E-state index < -0.39 is 41.1 Å². The molecule has 0 aromatic heterocycles. The average molecular weight is 519 g/mol. The molecule has 3 aliphatic rings. The molecule has 3 rings (SSSR count). The third-order valence-corrected chi connectivity index (χ3v) is 8.46. The van der Waals surface area contributed by atoms with Crippen LogP contribution in [-0.4, -0.2) is 82.3 Å². The number of aliphatic hydroxyl groups excluding tert-OH is 1. The first-order valence-electron chi connectivity index (χ1n) is 14.0. The van der Waals surface area contributed by atoms with Gasteiger partial charge in [0.2, 0.25) is 11.8 Å². The summed E-state index contributed by atoms with van der Waals surface area (Å²) in [6.45, 7) is 16.4. The predicted octanol–water partition coefficient (Wildman–Crippen LogP) is 3.48. The highest BCUT2D eigenvalue weighted by Gasteiger charge is 2.79. The summed E-state index contributed by atoms with van der Waals surface area (Å²) in [5, 5.41) is 10.4. The zero-order chi connectivity index (χ0) is 27.4. The lowest BCUT2D eigenvalue weighted by Crippen LogP contribution is -2.59. The Hall–Kier alpha value is -2.19. The molecule has 0 aromatic rings. The predicted molar refractivity (Wildman–Crippen MR) is 141 cm³/mol. The molecule has 0 saturated carbocycles. The first-order chi connectivity index (χ1) is 17.7. The van der Waals surface area contributed by atoms with Crippen LogP contribution in [0.3, 0.4) is 0 Å². The number of carbonyl (C=O) groups is 3. The summed E-state index contributed by atoms with van der Waals surface area (Å²) in [5.74, 6) is -2.33. The zero-order valence-electron chi connectivity index (χ0n) is 23.1. The number of fused-ring (bicyclic) bond motifs is 1. The summed E-state index contributed by atoms with van der Waals surface area (Å²) in [6.07, 6.45) is 7.81. The van der Waals surface area contributed by atoms with E-state index in [1.165, 1.54) is 0 Å². The van der Waals surface area contributed by atoms with Gasteiger partial charge in [0, 0.05) is 13.1 Å². The molecule has 0 aromatic carbocycles. The first-order valence-corrected chi connectivity index (χ1v) is 14.0. The maximum absolute atomic E-state index is 14.3. The summed E-state index contributed by atoms with van der Waals surface area (Å²) in [5.41, 5.74) is -1.96. The Balaban J connectivity index is 2.11. The van der Waals surface area contributed by atoms with Crippen molar-refractivity contribution in [2.24, 2.45) is 17.8 Å². The number of likely N-dealkylation sites (tertiary alicyclic amines) is 1. The van der Waals surface area contributed by atoms with E-state index in [2.05, 4.69) is 20.1 Å². The minimum absolute atomic E-state index is 0.190. The van der Waals surface area contributed by atoms with E-state index >= 15 is 0 Å². The van der Waals surface area contributed by atoms with Crippen molar-refractivity contribution in [1.29, 1.82) is 0 Å². The number of amides is 2. The quantitative estimate of drug-likeness (QED) is 0.203. The van der Waals surface area contributed by atoms with E-state index in [9.17, 15) is 19.5 Å². The van der Waals surface area contributed by atoms with Gasteiger partial charge in [-0.05, 0) is 44.4 Å². The highest BCUT2D eigenvalue weighted by Crippen LogP contribution is 2.65. The molecule has 37 heavy (non-hydrogen) atoms. The van der Waals surface area contributed by atoms with E-state index in [0.717, 1.165) is 12.8 Å². The Bertz CT molecular complexity index is 874. The lowest BCUT2D eigenvalue weighted by Gasteiger charge is -2.40. The van der Waals surface area contributed by atoms with Crippen molar-refractivity contribution in [1.82, 2.24) is 9.80 Å². The number of rotatable bonds is 15. The maximum Gasteiger partial charge on any atom is 0.312 e. The summed E-state index contributed by atoms with van der Waals surface area (Å²) < 4.78 is 12.4. The van der Waals surface area contributed by atoms with Crippen LogP contribution < -0.4 is 0 Å². The Morgan fingerprint density at radius 3 is 2.57 bits per heavy atom. The molecule has 3 heterocycles. The Labute approximate surface area is 222 Å². The monoisotopic (exact) mass is 518 g/mol. The second kappa shape index (κ2) is 12.1. The number of esters is 1. The summed E-state index contributed by atoms with van der Waals surface area (Å²) in [7, 11) is 0. The smallest absolute Gasteiger partial charge is 0.312 e. The lowest BCUT2D eigenvalue weighted by molar-refractivity contribution is -0.163. The van der Waals surface area contributed by atoms with E-state index in [-0.39, 0.29) is 30.9 Å². The molecule has 8 nitrogen and oxygen atoms in total. The molecule has 2 amide bonds. The third kappa shape index (κ3) is 5.11. The molecule has 2 unspecified atom stereocenters. The Morgan fingerprint density at radius 2 is 2.00 bits per heavy atom. The first kappa shape index (κ1) is 29.4. The number of ether oxygens (including phenoxy) is 2. The minimum Gasteiger partial charge on any atom is -0.465 e. The normalized spacial score (nSPS) is 30.9. The molecule has 3 saturated heterocycles. The molecule has 208 valence electrons. The van der Waals surface area contributed by atoms with Crippen LogP contribution in [0.1, 0.15) is 72.6 Å². The number of nitrogens with zero attached hydrogens (tertiary/aromatic N) is 2. The van der Waals surface area contributed by atoms with Gasteiger partial charge < -0.3 is 24.4 Å². The van der Waals surface area contributed by atoms with Gasteiger partial charge in [0.1, 0.15) is 17.6 Å². The lowest BCUT2D eigenvalue weighted by atomic mass is 9.65. The van der Waals surface area contributed by atoms with Gasteiger partial charge in [-0.1, -0.05) is 46.3 Å². The second-order valence-electron chi connectivity index (χ2n) is 11.2. The fourth-order valence-corrected chi connectivity index (χ4v) is 6.81. The maximum atomic E-state index is 14.3. The van der Waals surface area contributed by atoms with Gasteiger partial charge in [-0.3, -0.25) is 14.4 Å². The summed E-state index contributed by atoms with van der Waals surface area (Å²) in [4.78, 5) is 45.4. The van der Waals surface area contributed by atoms with Crippen LogP contribution in [0.25, 0.3) is 0 Å². The standard InChI is InChI=1S/C29H46N2O6/c1-7-11-16-30(15-9-3)26(34)24-29-14-13-28(10-4,37-29)23(27(35)36-17-12-8-2)22(29)25(33)31(24)21(19-32)18-20(5)6/h8-9,20-24,32H,2-3,7,10-19H2,1,4-6H3/t21-,22+,23-,24?,28+,29?/m1/s1. The number of hydrogen-bond acceptors (Lipinski definition) is 6. The van der Waals surface area contributed by atoms with Gasteiger partial charge in [-0.25, -0.2) is 0 Å². The van der Waals surface area contributed by atoms with Crippen molar-refractivity contribution in [3.05, 3.63) is 25.3 Å². The van der Waals surface area contributed by atoms with Gasteiger partial charge in [-0.2, -0.15) is 0 Å². The number of carbonyl (C=O) groups excluding carboxylic acids is 3. The van der Waals surface area contributed by atoms with Crippen LogP contribution in [0.15, 0.2) is 25.3 Å². The Morgan fingerprint density at radius 1 is 1.27 bits per heavy atom. The minimum atomic E-state index is -1.12. The van der Waals surface area contributed by atoms with Crippen molar-refractivity contribution in [2.75, 3.05) is 26.3 Å². The largest absolute Gasteiger partial charge is 0.465 e. The summed E-state index contributed by atoms with van der Waals surface area (Å²) in [6, 6.07) is -1.45. The van der Waals surface area contributed by atoms with Crippen molar-refractivity contribution in [3.8, 4) is 0 Å². The number of hydrogen-bond donors (Lipinski definition) is 1. The summed E-state index contributed by atoms with van der Waals surface area (Å²) >= 11 is 0. The van der Waals surface area contributed by atoms with E-state index in [1.807, 2.05) is 20.8 Å².